The average molecular weight is 438 g/mol. The Morgan fingerprint density at radius 2 is 2.04 bits per heavy atom. The second-order valence-electron chi connectivity index (χ2n) is 5.92. The van der Waals surface area contributed by atoms with E-state index in [1.807, 2.05) is 36.6 Å². The van der Waals surface area contributed by atoms with Crippen LogP contribution in [0.2, 0.25) is 0 Å². The summed E-state index contributed by atoms with van der Waals surface area (Å²) in [7, 11) is -4.57. The molecule has 1 saturated heterocycles. The van der Waals surface area contributed by atoms with Gasteiger partial charge in [0.15, 0.2) is 0 Å². The molecule has 2 aliphatic heterocycles. The van der Waals surface area contributed by atoms with Crippen molar-refractivity contribution in [2.75, 3.05) is 24.6 Å². The molecule has 148 valence electrons. The highest BCUT2D eigenvalue weighted by Gasteiger charge is 2.32. The molecule has 2 heterocycles. The first kappa shape index (κ1) is 21.0. The maximum Gasteiger partial charge on any atom is 0.469 e. The van der Waals surface area contributed by atoms with Gasteiger partial charge in [0.2, 0.25) is 0 Å². The standard InChI is InChI=1S/C18H19N2O5PS2/c1-2-19-10-9-13(14-5-3-4-6-15(14)19)7-8-16-17(21)20(18(27)28-16)11-12-25-26(22,23)24/h3-10H,2,11-12H2,1H3,(H2,22,23,24). The van der Waals surface area contributed by atoms with Crippen LogP contribution < -0.4 is 4.90 Å². The topological polar surface area (TPSA) is 90.3 Å². The number of thiocarbonyl (C=S) groups is 1. The van der Waals surface area contributed by atoms with E-state index in [0.717, 1.165) is 35.1 Å². The number of hydrogen-bond donors (Lipinski definition) is 2. The minimum Gasteiger partial charge on any atom is -0.348 e. The van der Waals surface area contributed by atoms with Gasteiger partial charge in [-0.15, -0.1) is 0 Å². The molecule has 0 atom stereocenters. The predicted octanol–water partition coefficient (Wildman–Crippen LogP) is 3.28. The minimum atomic E-state index is -4.57. The molecule has 10 heteroatoms. The van der Waals surface area contributed by atoms with Crippen molar-refractivity contribution in [2.45, 2.75) is 6.92 Å². The lowest BCUT2D eigenvalue weighted by Gasteiger charge is -2.26. The Balaban J connectivity index is 1.76. The molecule has 0 aliphatic carbocycles. The third kappa shape index (κ3) is 4.81. The largest absolute Gasteiger partial charge is 0.469 e. The monoisotopic (exact) mass is 438 g/mol. The maximum atomic E-state index is 12.5. The van der Waals surface area contributed by atoms with E-state index in [1.165, 1.54) is 4.90 Å². The average Bonchev–Trinajstić information content (AvgIpc) is 2.92. The quantitative estimate of drug-likeness (QED) is 0.397. The first-order chi connectivity index (χ1) is 13.3. The van der Waals surface area contributed by atoms with Gasteiger partial charge in [-0.1, -0.05) is 48.3 Å². The van der Waals surface area contributed by atoms with Crippen LogP contribution in [0.3, 0.4) is 0 Å². The lowest BCUT2D eigenvalue weighted by atomic mass is 9.99. The third-order valence-electron chi connectivity index (χ3n) is 4.16. The lowest BCUT2D eigenvalue weighted by molar-refractivity contribution is -0.122. The fourth-order valence-corrected chi connectivity index (χ4v) is 4.42. The number of thioether (sulfide) groups is 1. The summed E-state index contributed by atoms with van der Waals surface area (Å²) in [6.07, 6.45) is 7.60. The summed E-state index contributed by atoms with van der Waals surface area (Å²) in [6, 6.07) is 8.05. The molecule has 0 bridgehead atoms. The number of anilines is 1. The van der Waals surface area contributed by atoms with Crippen LogP contribution >= 0.6 is 31.8 Å². The number of allylic oxidation sites excluding steroid dienone is 4. The molecule has 7 nitrogen and oxygen atoms in total. The van der Waals surface area contributed by atoms with Crippen molar-refractivity contribution in [1.29, 1.82) is 0 Å². The van der Waals surface area contributed by atoms with Gasteiger partial charge in [0.25, 0.3) is 5.91 Å². The van der Waals surface area contributed by atoms with Crippen molar-refractivity contribution in [1.82, 2.24) is 4.90 Å². The molecule has 1 aromatic carbocycles. The van der Waals surface area contributed by atoms with Gasteiger partial charge in [-0.25, -0.2) is 4.57 Å². The number of nitrogens with zero attached hydrogens (tertiary/aromatic N) is 2. The second-order valence-corrected chi connectivity index (χ2v) is 8.84. The van der Waals surface area contributed by atoms with Crippen molar-refractivity contribution < 1.29 is 23.7 Å². The summed E-state index contributed by atoms with van der Waals surface area (Å²) in [5.74, 6) is -0.301. The van der Waals surface area contributed by atoms with Crippen molar-refractivity contribution in [3.05, 3.63) is 59.2 Å². The molecule has 1 fully saturated rings. The summed E-state index contributed by atoms with van der Waals surface area (Å²) in [6.45, 7) is 2.62. The first-order valence-corrected chi connectivity index (χ1v) is 11.3. The molecule has 0 unspecified atom stereocenters. The molecular formula is C18H19N2O5PS2. The van der Waals surface area contributed by atoms with E-state index in [9.17, 15) is 9.36 Å². The van der Waals surface area contributed by atoms with E-state index in [0.29, 0.717) is 9.23 Å². The molecule has 1 amide bonds. The summed E-state index contributed by atoms with van der Waals surface area (Å²) in [5.41, 5.74) is 3.17. The molecule has 2 aliphatic rings. The summed E-state index contributed by atoms with van der Waals surface area (Å²) < 4.78 is 15.5. The van der Waals surface area contributed by atoms with Gasteiger partial charge in [-0.3, -0.25) is 14.2 Å². The number of para-hydroxylation sites is 1. The normalized spacial score (nSPS) is 19.8. The van der Waals surface area contributed by atoms with Gasteiger partial charge in [0, 0.05) is 24.0 Å². The Morgan fingerprint density at radius 3 is 2.75 bits per heavy atom. The zero-order valence-corrected chi connectivity index (χ0v) is 17.5. The zero-order chi connectivity index (χ0) is 20.3. The second kappa shape index (κ2) is 8.73. The molecule has 28 heavy (non-hydrogen) atoms. The number of fused-ring (bicyclic) bond motifs is 1. The first-order valence-electron chi connectivity index (χ1n) is 8.50. The third-order valence-corrected chi connectivity index (χ3v) is 6.08. The highest BCUT2D eigenvalue weighted by molar-refractivity contribution is 8.26. The fourth-order valence-electron chi connectivity index (χ4n) is 2.85. The van der Waals surface area contributed by atoms with E-state index >= 15 is 0 Å². The minimum absolute atomic E-state index is 0.0160. The van der Waals surface area contributed by atoms with Crippen LogP contribution in [0.5, 0.6) is 0 Å². The lowest BCUT2D eigenvalue weighted by Crippen LogP contribution is -2.31. The molecule has 3 rings (SSSR count). The number of carbonyl (C=O) groups excluding carboxylic acids is 1. The van der Waals surface area contributed by atoms with E-state index < -0.39 is 7.82 Å². The number of amides is 1. The van der Waals surface area contributed by atoms with Crippen molar-refractivity contribution in [3.8, 4) is 0 Å². The molecule has 1 aromatic rings. The van der Waals surface area contributed by atoms with E-state index in [-0.39, 0.29) is 19.1 Å². The summed E-state index contributed by atoms with van der Waals surface area (Å²) >= 11 is 6.36. The smallest absolute Gasteiger partial charge is 0.348 e. The number of phosphoric acid groups is 1. The number of benzene rings is 1. The van der Waals surface area contributed by atoms with Crippen LogP contribution in [0.15, 0.2) is 53.6 Å². The molecular weight excluding hydrogens is 419 g/mol. The Bertz CT molecular complexity index is 938. The Labute approximate surface area is 172 Å². The van der Waals surface area contributed by atoms with E-state index in [2.05, 4.69) is 22.4 Å². The number of rotatable bonds is 6. The zero-order valence-electron chi connectivity index (χ0n) is 15.0. The number of phosphoric ester groups is 1. The van der Waals surface area contributed by atoms with Gasteiger partial charge >= 0.3 is 7.82 Å². The van der Waals surface area contributed by atoms with Gasteiger partial charge in [0.05, 0.1) is 18.1 Å². The van der Waals surface area contributed by atoms with Gasteiger partial charge in [-0.05, 0) is 30.7 Å². The van der Waals surface area contributed by atoms with Crippen molar-refractivity contribution in [3.63, 3.8) is 0 Å². The van der Waals surface area contributed by atoms with E-state index in [1.54, 1.807) is 6.08 Å². The van der Waals surface area contributed by atoms with Crippen molar-refractivity contribution >= 4 is 53.3 Å². The number of hydrogen-bond acceptors (Lipinski definition) is 6. The molecule has 0 aromatic heterocycles. The maximum absolute atomic E-state index is 12.5. The van der Waals surface area contributed by atoms with Crippen LogP contribution in [-0.2, 0) is 13.9 Å². The summed E-state index contributed by atoms with van der Waals surface area (Å²) in [5, 5.41) is 0. The number of carbonyl (C=O) groups is 1. The fraction of sp³-hybridized carbons (Fsp3) is 0.222. The SMILES string of the molecule is CCN1C=CC(=CC=C2SC(=S)N(CCOP(=O)(O)O)C2=O)c2ccccc21. The predicted molar refractivity (Wildman–Crippen MR) is 115 cm³/mol. The van der Waals surface area contributed by atoms with Crippen LogP contribution in [0.4, 0.5) is 5.69 Å². The molecule has 0 saturated carbocycles. The molecule has 2 N–H and O–H groups in total. The van der Waals surface area contributed by atoms with Gasteiger partial charge in [0.1, 0.15) is 4.32 Å². The molecule has 0 spiro atoms. The van der Waals surface area contributed by atoms with E-state index in [4.69, 9.17) is 22.0 Å². The Morgan fingerprint density at radius 1 is 1.29 bits per heavy atom. The van der Waals surface area contributed by atoms with Gasteiger partial charge < -0.3 is 14.7 Å². The van der Waals surface area contributed by atoms with Crippen LogP contribution in [-0.4, -0.2) is 44.6 Å². The summed E-state index contributed by atoms with van der Waals surface area (Å²) in [4.78, 5) is 33.9. The van der Waals surface area contributed by atoms with Crippen molar-refractivity contribution in [2.24, 2.45) is 0 Å². The Hall–Kier alpha value is -1.74. The van der Waals surface area contributed by atoms with Crippen LogP contribution in [0.25, 0.3) is 5.57 Å². The van der Waals surface area contributed by atoms with Crippen LogP contribution in [0.1, 0.15) is 12.5 Å². The highest BCUT2D eigenvalue weighted by Crippen LogP contribution is 2.37. The van der Waals surface area contributed by atoms with Crippen LogP contribution in [0, 0.1) is 0 Å². The highest BCUT2D eigenvalue weighted by atomic mass is 32.2. The van der Waals surface area contributed by atoms with Gasteiger partial charge in [-0.2, -0.15) is 0 Å². The molecule has 0 radical (unpaired) electrons. The Kier molecular flexibility index (Phi) is 6.54.